The summed E-state index contributed by atoms with van der Waals surface area (Å²) in [6, 6.07) is 9.46. The zero-order valence-electron chi connectivity index (χ0n) is 16.4. The molecule has 0 saturated heterocycles. The Labute approximate surface area is 174 Å². The van der Waals surface area contributed by atoms with Crippen molar-refractivity contribution in [2.24, 2.45) is 0 Å². The summed E-state index contributed by atoms with van der Waals surface area (Å²) in [5.41, 5.74) is 1.12. The smallest absolute Gasteiger partial charge is 0.338 e. The molecule has 1 atom stereocenters. The second-order valence-corrected chi connectivity index (χ2v) is 7.01. The average Bonchev–Trinajstić information content (AvgIpc) is 2.68. The number of halogens is 1. The normalized spacial score (nSPS) is 11.5. The minimum absolute atomic E-state index is 0.0433. The molecule has 1 aromatic carbocycles. The molecule has 8 nitrogen and oxygen atoms in total. The summed E-state index contributed by atoms with van der Waals surface area (Å²) >= 11 is 5.75. The maximum absolute atomic E-state index is 12.2. The van der Waals surface area contributed by atoms with Crippen molar-refractivity contribution in [2.75, 3.05) is 5.32 Å². The minimum atomic E-state index is -1.01. The Balaban J connectivity index is 1.85. The van der Waals surface area contributed by atoms with Gasteiger partial charge >= 0.3 is 12.0 Å². The van der Waals surface area contributed by atoms with Gasteiger partial charge in [-0.1, -0.05) is 23.7 Å². The highest BCUT2D eigenvalue weighted by Gasteiger charge is 2.19. The van der Waals surface area contributed by atoms with Gasteiger partial charge in [0.2, 0.25) is 0 Å². The summed E-state index contributed by atoms with van der Waals surface area (Å²) in [5.74, 6) is -0.834. The molecule has 0 aliphatic heterocycles. The molecule has 154 valence electrons. The van der Waals surface area contributed by atoms with Crippen LogP contribution < -0.4 is 16.0 Å². The number of ether oxygens (including phenoxy) is 1. The SMILES string of the molecule is CC(C)NC(=O)NCc1ccc(C(=O)O[C@H](C)C(=O)Nc2ccc(Cl)cn2)cc1. The van der Waals surface area contributed by atoms with E-state index in [1.54, 1.807) is 36.4 Å². The summed E-state index contributed by atoms with van der Waals surface area (Å²) in [5, 5.41) is 8.43. The van der Waals surface area contributed by atoms with Crippen molar-refractivity contribution in [3.63, 3.8) is 0 Å². The average molecular weight is 419 g/mol. The standard InChI is InChI=1S/C20H23ClN4O4/c1-12(2)24-20(28)23-10-14-4-6-15(7-5-14)19(27)29-13(3)18(26)25-17-9-8-16(21)11-22-17/h4-9,11-13H,10H2,1-3H3,(H,22,25,26)(H2,23,24,28)/t13-/m1/s1. The number of anilines is 1. The number of nitrogens with zero attached hydrogens (tertiary/aromatic N) is 1. The monoisotopic (exact) mass is 418 g/mol. The van der Waals surface area contributed by atoms with E-state index in [4.69, 9.17) is 16.3 Å². The third-order valence-corrected chi connectivity index (χ3v) is 3.92. The molecule has 0 fully saturated rings. The summed E-state index contributed by atoms with van der Waals surface area (Å²) in [6.45, 7) is 5.52. The number of aromatic nitrogens is 1. The molecule has 0 bridgehead atoms. The number of carbonyl (C=O) groups is 3. The molecule has 2 rings (SSSR count). The van der Waals surface area contributed by atoms with Crippen LogP contribution in [0.25, 0.3) is 0 Å². The molecular weight excluding hydrogens is 396 g/mol. The van der Waals surface area contributed by atoms with E-state index >= 15 is 0 Å². The first kappa shape index (κ1) is 22.2. The first-order valence-corrected chi connectivity index (χ1v) is 9.39. The van der Waals surface area contributed by atoms with Gasteiger partial charge in [-0.05, 0) is 50.6 Å². The molecular formula is C20H23ClN4O4. The van der Waals surface area contributed by atoms with Crippen LogP contribution in [-0.4, -0.2) is 35.0 Å². The van der Waals surface area contributed by atoms with E-state index in [1.165, 1.54) is 13.1 Å². The maximum atomic E-state index is 12.2. The van der Waals surface area contributed by atoms with Crippen LogP contribution in [0, 0.1) is 0 Å². The highest BCUT2D eigenvalue weighted by Crippen LogP contribution is 2.11. The Bertz CT molecular complexity index is 854. The lowest BCUT2D eigenvalue weighted by Gasteiger charge is -2.13. The van der Waals surface area contributed by atoms with E-state index in [0.29, 0.717) is 22.9 Å². The van der Waals surface area contributed by atoms with Crippen LogP contribution in [0.15, 0.2) is 42.6 Å². The summed E-state index contributed by atoms with van der Waals surface area (Å²) < 4.78 is 5.19. The minimum Gasteiger partial charge on any atom is -0.449 e. The molecule has 0 aliphatic carbocycles. The summed E-state index contributed by atoms with van der Waals surface area (Å²) in [4.78, 5) is 39.9. The highest BCUT2D eigenvalue weighted by atomic mass is 35.5. The van der Waals surface area contributed by atoms with Crippen LogP contribution in [-0.2, 0) is 16.1 Å². The van der Waals surface area contributed by atoms with E-state index in [1.807, 2.05) is 13.8 Å². The largest absolute Gasteiger partial charge is 0.449 e. The van der Waals surface area contributed by atoms with Crippen molar-refractivity contribution in [1.29, 1.82) is 0 Å². The van der Waals surface area contributed by atoms with Gasteiger partial charge in [-0.15, -0.1) is 0 Å². The lowest BCUT2D eigenvalue weighted by atomic mass is 10.1. The van der Waals surface area contributed by atoms with Gasteiger partial charge in [-0.2, -0.15) is 0 Å². The molecule has 1 heterocycles. The molecule has 0 unspecified atom stereocenters. The number of hydrogen-bond acceptors (Lipinski definition) is 5. The van der Waals surface area contributed by atoms with Gasteiger partial charge in [0.1, 0.15) is 5.82 Å². The zero-order valence-corrected chi connectivity index (χ0v) is 17.1. The fourth-order valence-electron chi connectivity index (χ4n) is 2.21. The van der Waals surface area contributed by atoms with E-state index < -0.39 is 18.0 Å². The zero-order chi connectivity index (χ0) is 21.4. The number of nitrogens with one attached hydrogen (secondary N) is 3. The topological polar surface area (TPSA) is 109 Å². The van der Waals surface area contributed by atoms with Crippen LogP contribution in [0.4, 0.5) is 10.6 Å². The van der Waals surface area contributed by atoms with Crippen LogP contribution >= 0.6 is 11.6 Å². The Morgan fingerprint density at radius 3 is 2.34 bits per heavy atom. The molecule has 3 amide bonds. The van der Waals surface area contributed by atoms with Gasteiger partial charge in [0.05, 0.1) is 10.6 Å². The van der Waals surface area contributed by atoms with Crippen molar-refractivity contribution in [2.45, 2.75) is 39.5 Å². The van der Waals surface area contributed by atoms with Crippen molar-refractivity contribution in [3.8, 4) is 0 Å². The second kappa shape index (κ2) is 10.4. The molecule has 3 N–H and O–H groups in total. The lowest BCUT2D eigenvalue weighted by Crippen LogP contribution is -2.39. The van der Waals surface area contributed by atoms with Gasteiger partial charge < -0.3 is 20.7 Å². The predicted molar refractivity (Wildman–Crippen MR) is 110 cm³/mol. The maximum Gasteiger partial charge on any atom is 0.338 e. The van der Waals surface area contributed by atoms with Gasteiger partial charge in [0.15, 0.2) is 6.10 Å². The fraction of sp³-hybridized carbons (Fsp3) is 0.300. The number of hydrogen-bond donors (Lipinski definition) is 3. The fourth-order valence-corrected chi connectivity index (χ4v) is 2.33. The van der Waals surface area contributed by atoms with Gasteiger partial charge in [0.25, 0.3) is 5.91 Å². The van der Waals surface area contributed by atoms with E-state index in [-0.39, 0.29) is 12.1 Å². The van der Waals surface area contributed by atoms with E-state index in [2.05, 4.69) is 20.9 Å². The lowest BCUT2D eigenvalue weighted by molar-refractivity contribution is -0.123. The number of amides is 3. The van der Waals surface area contributed by atoms with Crippen molar-refractivity contribution < 1.29 is 19.1 Å². The molecule has 0 saturated carbocycles. The summed E-state index contributed by atoms with van der Waals surface area (Å²) in [6.07, 6.45) is 0.387. The van der Waals surface area contributed by atoms with Crippen LogP contribution in [0.2, 0.25) is 5.02 Å². The first-order chi connectivity index (χ1) is 13.7. The third kappa shape index (κ3) is 7.42. The number of pyridine rings is 1. The Kier molecular flexibility index (Phi) is 7.97. The van der Waals surface area contributed by atoms with Gasteiger partial charge in [-0.25, -0.2) is 14.6 Å². The van der Waals surface area contributed by atoms with Crippen molar-refractivity contribution in [3.05, 3.63) is 58.7 Å². The quantitative estimate of drug-likeness (QED) is 0.598. The molecule has 0 aliphatic rings. The van der Waals surface area contributed by atoms with Crippen LogP contribution in [0.5, 0.6) is 0 Å². The number of carbonyl (C=O) groups excluding carboxylic acids is 3. The van der Waals surface area contributed by atoms with Crippen LogP contribution in [0.1, 0.15) is 36.7 Å². The Hall–Kier alpha value is -3.13. The Morgan fingerprint density at radius 2 is 1.76 bits per heavy atom. The molecule has 2 aromatic rings. The van der Waals surface area contributed by atoms with E-state index in [0.717, 1.165) is 5.56 Å². The second-order valence-electron chi connectivity index (χ2n) is 6.58. The third-order valence-electron chi connectivity index (χ3n) is 3.69. The van der Waals surface area contributed by atoms with E-state index in [9.17, 15) is 14.4 Å². The number of benzene rings is 1. The summed E-state index contributed by atoms with van der Waals surface area (Å²) in [7, 11) is 0. The number of urea groups is 1. The predicted octanol–water partition coefficient (Wildman–Crippen LogP) is 3.13. The molecule has 0 radical (unpaired) electrons. The molecule has 0 spiro atoms. The van der Waals surface area contributed by atoms with Crippen molar-refractivity contribution >= 4 is 35.3 Å². The number of rotatable bonds is 7. The number of esters is 1. The van der Waals surface area contributed by atoms with Crippen LogP contribution in [0.3, 0.4) is 0 Å². The van der Waals surface area contributed by atoms with Gasteiger partial charge in [-0.3, -0.25) is 4.79 Å². The first-order valence-electron chi connectivity index (χ1n) is 9.01. The molecule has 9 heteroatoms. The molecule has 29 heavy (non-hydrogen) atoms. The highest BCUT2D eigenvalue weighted by molar-refractivity contribution is 6.30. The van der Waals surface area contributed by atoms with Gasteiger partial charge in [0, 0.05) is 18.8 Å². The Morgan fingerprint density at radius 1 is 1.07 bits per heavy atom. The molecule has 1 aromatic heterocycles. The van der Waals surface area contributed by atoms with Crippen molar-refractivity contribution in [1.82, 2.24) is 15.6 Å².